The third-order valence-corrected chi connectivity index (χ3v) is 9.39. The summed E-state index contributed by atoms with van der Waals surface area (Å²) in [5.41, 5.74) is 1.03. The van der Waals surface area contributed by atoms with E-state index in [-0.39, 0.29) is 43.1 Å². The van der Waals surface area contributed by atoms with Crippen LogP contribution in [0.3, 0.4) is 0 Å². The van der Waals surface area contributed by atoms with Crippen molar-refractivity contribution in [3.05, 3.63) is 78.2 Å². The van der Waals surface area contributed by atoms with Gasteiger partial charge in [0.05, 0.1) is 22.9 Å². The van der Waals surface area contributed by atoms with E-state index in [1.165, 1.54) is 30.7 Å². The maximum Gasteiger partial charge on any atom is 0.573 e. The third kappa shape index (κ3) is 9.31. The number of nitrogens with zero attached hydrogens (tertiary/aromatic N) is 5. The average Bonchev–Trinajstić information content (AvgIpc) is 3.08. The minimum atomic E-state index is -5.01. The Labute approximate surface area is 286 Å². The molecule has 2 aromatic heterocycles. The molecule has 2 aromatic carbocycles. The van der Waals surface area contributed by atoms with Crippen LogP contribution in [0, 0.1) is 0 Å². The molecule has 20 heteroatoms. The van der Waals surface area contributed by atoms with Gasteiger partial charge < -0.3 is 25.0 Å². The van der Waals surface area contributed by atoms with E-state index in [4.69, 9.17) is 0 Å². The lowest BCUT2D eigenvalue weighted by Gasteiger charge is -2.40. The Hall–Kier alpha value is -5.24. The van der Waals surface area contributed by atoms with Crippen LogP contribution in [0.4, 0.5) is 32.2 Å². The molecule has 0 unspecified atom stereocenters. The van der Waals surface area contributed by atoms with Crippen LogP contribution in [0.15, 0.2) is 72.0 Å². The molecule has 51 heavy (non-hydrogen) atoms. The molecule has 1 atom stereocenters. The van der Waals surface area contributed by atoms with Gasteiger partial charge in [-0.2, -0.15) is 4.31 Å². The number of pyridine rings is 1. The zero-order valence-electron chi connectivity index (χ0n) is 26.5. The van der Waals surface area contributed by atoms with Crippen LogP contribution in [0.2, 0.25) is 0 Å². The van der Waals surface area contributed by atoms with Crippen molar-refractivity contribution >= 4 is 38.7 Å². The second-order valence-electron chi connectivity index (χ2n) is 11.0. The molecule has 1 aliphatic heterocycles. The smallest absolute Gasteiger partial charge is 0.406 e. The van der Waals surface area contributed by atoms with E-state index in [0.717, 1.165) is 40.7 Å². The minimum absolute atomic E-state index is 0.0123. The predicted octanol–water partition coefficient (Wildman–Crippen LogP) is 4.16. The first-order chi connectivity index (χ1) is 24.0. The van der Waals surface area contributed by atoms with Gasteiger partial charge in [-0.1, -0.05) is 19.1 Å². The van der Waals surface area contributed by atoms with E-state index < -0.39 is 57.0 Å². The summed E-state index contributed by atoms with van der Waals surface area (Å²) < 4.78 is 112. The molecule has 4 aromatic rings. The van der Waals surface area contributed by atoms with Crippen LogP contribution in [0.25, 0.3) is 11.0 Å². The van der Waals surface area contributed by atoms with E-state index in [0.29, 0.717) is 24.0 Å². The molecule has 13 nitrogen and oxygen atoms in total. The van der Waals surface area contributed by atoms with Crippen LogP contribution in [-0.4, -0.2) is 84.4 Å². The number of hydrogen-bond donors (Lipinski definition) is 2. The SMILES string of the molecule is CCCNC(=O)c1cncc2ncc(N3CCN(S(=O)(=O)c4ccc(OC(F)(F)F)cc4)[C@@H](C(=O)NCc4ccc(OC(F)(F)F)cc4)C3)nc12. The zero-order chi connectivity index (χ0) is 37.0. The molecule has 5 rings (SSSR count). The number of anilines is 1. The standard InChI is InChI=1S/C31H29F6N7O6S/c1-2-11-39-28(45)23-15-38-16-24-27(23)42-26(17-40-24)43-12-13-44(51(47,48)22-9-7-21(8-10-22)50-31(35,36)37)25(18-43)29(46)41-14-19-3-5-20(6-4-19)49-30(32,33)34/h3-10,15-17,25H,2,11-14,18H2,1H3,(H,39,45)(H,41,46)/t25-/m1/s1. The number of alkyl halides is 6. The average molecular weight is 742 g/mol. The highest BCUT2D eigenvalue weighted by Crippen LogP contribution is 2.29. The highest BCUT2D eigenvalue weighted by Gasteiger charge is 2.41. The van der Waals surface area contributed by atoms with Crippen molar-refractivity contribution in [3.8, 4) is 11.5 Å². The molecule has 0 spiro atoms. The molecule has 1 fully saturated rings. The van der Waals surface area contributed by atoms with Gasteiger partial charge in [0.25, 0.3) is 5.91 Å². The fraction of sp³-hybridized carbons (Fsp3) is 0.323. The van der Waals surface area contributed by atoms with Crippen molar-refractivity contribution in [3.63, 3.8) is 0 Å². The van der Waals surface area contributed by atoms with Crippen molar-refractivity contribution < 1.29 is 53.8 Å². The quantitative estimate of drug-likeness (QED) is 0.214. The fourth-order valence-electron chi connectivity index (χ4n) is 5.12. The van der Waals surface area contributed by atoms with Crippen LogP contribution in [-0.2, 0) is 21.4 Å². The number of carbonyl (C=O) groups is 2. The number of aromatic nitrogens is 3. The number of fused-ring (bicyclic) bond motifs is 1. The second-order valence-corrected chi connectivity index (χ2v) is 12.9. The van der Waals surface area contributed by atoms with Crippen molar-refractivity contribution in [1.29, 1.82) is 0 Å². The number of ether oxygens (including phenoxy) is 2. The second kappa shape index (κ2) is 14.9. The Bertz CT molecular complexity index is 1980. The van der Waals surface area contributed by atoms with E-state index in [2.05, 4.69) is 35.1 Å². The number of amides is 2. The van der Waals surface area contributed by atoms with Gasteiger partial charge in [-0.25, -0.2) is 18.4 Å². The highest BCUT2D eigenvalue weighted by molar-refractivity contribution is 7.89. The lowest BCUT2D eigenvalue weighted by atomic mass is 10.1. The summed E-state index contributed by atoms with van der Waals surface area (Å²) in [6, 6.07) is 6.69. The normalized spacial score (nSPS) is 15.7. The maximum atomic E-state index is 13.8. The van der Waals surface area contributed by atoms with E-state index >= 15 is 0 Å². The summed E-state index contributed by atoms with van der Waals surface area (Å²) in [7, 11) is -4.50. The van der Waals surface area contributed by atoms with Crippen molar-refractivity contribution in [2.75, 3.05) is 31.1 Å². The van der Waals surface area contributed by atoms with E-state index in [1.54, 1.807) is 4.90 Å². The Kier molecular flexibility index (Phi) is 10.8. The number of rotatable bonds is 11. The van der Waals surface area contributed by atoms with Crippen LogP contribution < -0.4 is 25.0 Å². The van der Waals surface area contributed by atoms with E-state index in [1.807, 2.05) is 6.92 Å². The lowest BCUT2D eigenvalue weighted by molar-refractivity contribution is -0.275. The molecule has 1 aliphatic rings. The van der Waals surface area contributed by atoms with Gasteiger partial charge >= 0.3 is 12.7 Å². The van der Waals surface area contributed by atoms with Crippen molar-refractivity contribution in [2.45, 2.75) is 43.6 Å². The number of hydrogen-bond acceptors (Lipinski definition) is 10. The van der Waals surface area contributed by atoms with Gasteiger partial charge in [-0.3, -0.25) is 14.6 Å². The number of sulfonamides is 1. The molecule has 272 valence electrons. The Morgan fingerprint density at radius 2 is 1.51 bits per heavy atom. The maximum absolute atomic E-state index is 13.8. The highest BCUT2D eigenvalue weighted by atomic mass is 32.2. The Morgan fingerprint density at radius 1 is 0.882 bits per heavy atom. The molecule has 0 radical (unpaired) electrons. The zero-order valence-corrected chi connectivity index (χ0v) is 27.3. The van der Waals surface area contributed by atoms with Crippen molar-refractivity contribution in [2.24, 2.45) is 0 Å². The van der Waals surface area contributed by atoms with Crippen LogP contribution in [0.5, 0.6) is 11.5 Å². The third-order valence-electron chi connectivity index (χ3n) is 7.47. The topological polar surface area (TPSA) is 156 Å². The summed E-state index contributed by atoms with van der Waals surface area (Å²) in [6.07, 6.45) is -5.11. The number of halogens is 6. The number of benzene rings is 2. The molecule has 0 aliphatic carbocycles. The molecule has 2 N–H and O–H groups in total. The van der Waals surface area contributed by atoms with E-state index in [9.17, 15) is 44.3 Å². The summed E-state index contributed by atoms with van der Waals surface area (Å²) in [5, 5.41) is 5.34. The first-order valence-electron chi connectivity index (χ1n) is 15.2. The molecule has 0 bridgehead atoms. The summed E-state index contributed by atoms with van der Waals surface area (Å²) in [4.78, 5) is 40.7. The molecular weight excluding hydrogens is 712 g/mol. The fourth-order valence-corrected chi connectivity index (χ4v) is 6.69. The van der Waals surface area contributed by atoms with Gasteiger partial charge in [0, 0.05) is 38.9 Å². The number of piperazine rings is 1. The summed E-state index contributed by atoms with van der Waals surface area (Å²) >= 11 is 0. The summed E-state index contributed by atoms with van der Waals surface area (Å²) in [6.45, 7) is 1.50. The number of nitrogens with one attached hydrogen (secondary N) is 2. The molecule has 0 saturated carbocycles. The van der Waals surface area contributed by atoms with Gasteiger partial charge in [-0.05, 0) is 48.4 Å². The molecular formula is C31H29F6N7O6S. The first kappa shape index (κ1) is 37.0. The van der Waals surface area contributed by atoms with Gasteiger partial charge in [0.15, 0.2) is 0 Å². The molecule has 1 saturated heterocycles. The predicted molar refractivity (Wildman–Crippen MR) is 168 cm³/mol. The number of carbonyl (C=O) groups excluding carboxylic acids is 2. The lowest BCUT2D eigenvalue weighted by Crippen LogP contribution is -2.60. The Morgan fingerprint density at radius 3 is 2.12 bits per heavy atom. The van der Waals surface area contributed by atoms with Crippen LogP contribution >= 0.6 is 0 Å². The molecule has 3 heterocycles. The first-order valence-corrected chi connectivity index (χ1v) is 16.6. The largest absolute Gasteiger partial charge is 0.573 e. The molecule has 2 amide bonds. The summed E-state index contributed by atoms with van der Waals surface area (Å²) in [5.74, 6) is -2.16. The van der Waals surface area contributed by atoms with Gasteiger partial charge in [-0.15, -0.1) is 26.3 Å². The Balaban J connectivity index is 1.42. The van der Waals surface area contributed by atoms with Gasteiger partial charge in [0.1, 0.15) is 34.4 Å². The van der Waals surface area contributed by atoms with Gasteiger partial charge in [0.2, 0.25) is 15.9 Å². The monoisotopic (exact) mass is 741 g/mol. The van der Waals surface area contributed by atoms with Crippen LogP contribution in [0.1, 0.15) is 29.3 Å². The minimum Gasteiger partial charge on any atom is -0.406 e. The van der Waals surface area contributed by atoms with Crippen molar-refractivity contribution in [1.82, 2.24) is 29.9 Å².